The number of unbranched alkanes of at least 4 members (excludes halogenated alkanes) is 2. The normalized spacial score (nSPS) is 11.3. The third kappa shape index (κ3) is 17.5. The molecule has 0 aliphatic rings. The van der Waals surface area contributed by atoms with Gasteiger partial charge in [0.1, 0.15) is 0 Å². The molecule has 0 heterocycles. The van der Waals surface area contributed by atoms with Crippen molar-refractivity contribution in [3.05, 3.63) is 12.2 Å². The van der Waals surface area contributed by atoms with Crippen LogP contribution in [0.1, 0.15) is 81.1 Å². The number of carboxylic acid groups (broad SMARTS) is 2. The van der Waals surface area contributed by atoms with Gasteiger partial charge in [-0.15, -0.1) is 0 Å². The lowest BCUT2D eigenvalue weighted by molar-refractivity contribution is -0.923. The number of carboxylic acids is 2. The maximum absolute atomic E-state index is 9.41. The summed E-state index contributed by atoms with van der Waals surface area (Å²) in [4.78, 5) is 18.8. The fraction of sp³-hybridized carbons (Fsp3) is 0.833. The van der Waals surface area contributed by atoms with E-state index in [1.807, 2.05) is 0 Å². The van der Waals surface area contributed by atoms with Gasteiger partial charge in [0.05, 0.1) is 64.3 Å². The maximum Gasteiger partial charge on any atom is 0.0786 e. The second kappa shape index (κ2) is 20.9. The van der Waals surface area contributed by atoms with E-state index in [9.17, 15) is 19.8 Å². The molecule has 0 spiro atoms. The topological polar surface area (TPSA) is 80.3 Å². The lowest BCUT2D eigenvalue weighted by Crippen LogP contribution is -2.48. The van der Waals surface area contributed by atoms with Crippen LogP contribution >= 0.6 is 0 Å². The minimum Gasteiger partial charge on any atom is -0.545 e. The zero-order valence-corrected chi connectivity index (χ0v) is 21.2. The van der Waals surface area contributed by atoms with Crippen LogP contribution in [0.25, 0.3) is 0 Å². The molecule has 0 amide bonds. The lowest BCUT2D eigenvalue weighted by atomic mass is 10.2. The summed E-state index contributed by atoms with van der Waals surface area (Å²) in [6.07, 6.45) is 6.20. The number of nitrogens with zero attached hydrogens (tertiary/aromatic N) is 2. The molecule has 0 saturated heterocycles. The van der Waals surface area contributed by atoms with Gasteiger partial charge in [-0.2, -0.15) is 0 Å². The van der Waals surface area contributed by atoms with Gasteiger partial charge >= 0.3 is 0 Å². The average molecular weight is 431 g/mol. The zero-order chi connectivity index (χ0) is 24.1. The van der Waals surface area contributed by atoms with E-state index in [4.69, 9.17) is 0 Å². The highest BCUT2D eigenvalue weighted by molar-refractivity contribution is 5.87. The first kappa shape index (κ1) is 33.2. The van der Waals surface area contributed by atoms with Gasteiger partial charge < -0.3 is 28.8 Å². The largest absolute Gasteiger partial charge is 0.545 e. The molecular formula is C24H50N2O4. The van der Waals surface area contributed by atoms with Crippen molar-refractivity contribution in [2.45, 2.75) is 81.1 Å². The van der Waals surface area contributed by atoms with E-state index < -0.39 is 11.9 Å². The molecule has 0 aromatic heterocycles. The van der Waals surface area contributed by atoms with Crippen LogP contribution in [0.5, 0.6) is 0 Å². The van der Waals surface area contributed by atoms with Gasteiger partial charge in [0.2, 0.25) is 0 Å². The first-order valence-corrected chi connectivity index (χ1v) is 11.9. The summed E-state index contributed by atoms with van der Waals surface area (Å²) in [5.74, 6) is -3.09. The van der Waals surface area contributed by atoms with E-state index in [1.54, 1.807) is 0 Å². The Kier molecular flexibility index (Phi) is 23.1. The summed E-state index contributed by atoms with van der Waals surface area (Å²) in [6.45, 7) is 28.9. The van der Waals surface area contributed by atoms with Crippen LogP contribution < -0.4 is 10.2 Å². The third-order valence-corrected chi connectivity index (χ3v) is 6.35. The quantitative estimate of drug-likeness (QED) is 0.313. The first-order valence-electron chi connectivity index (χ1n) is 11.9. The second-order valence-electron chi connectivity index (χ2n) is 7.71. The molecule has 0 saturated carbocycles. The fourth-order valence-electron chi connectivity index (χ4n) is 3.41. The molecule has 30 heavy (non-hydrogen) atoms. The number of hydrogen-bond acceptors (Lipinski definition) is 4. The number of carbonyl (C=O) groups is 2. The fourth-order valence-corrected chi connectivity index (χ4v) is 3.41. The number of rotatable bonds is 14. The van der Waals surface area contributed by atoms with Crippen molar-refractivity contribution in [2.75, 3.05) is 52.4 Å². The third-order valence-electron chi connectivity index (χ3n) is 6.35. The van der Waals surface area contributed by atoms with E-state index in [0.717, 1.165) is 0 Å². The Labute approximate surface area is 186 Å². The second-order valence-corrected chi connectivity index (χ2v) is 7.71. The highest BCUT2D eigenvalue weighted by Crippen LogP contribution is 2.08. The number of quaternary nitrogens is 2. The molecule has 6 heteroatoms. The Bertz CT molecular complexity index is 386. The molecule has 0 atom stereocenters. The van der Waals surface area contributed by atoms with E-state index in [0.29, 0.717) is 12.2 Å². The predicted octanol–water partition coefficient (Wildman–Crippen LogP) is 2.37. The number of carbonyl (C=O) groups excluding carboxylic acids is 2. The smallest absolute Gasteiger partial charge is 0.0786 e. The summed E-state index contributed by atoms with van der Waals surface area (Å²) in [5.41, 5.74) is 0. The lowest BCUT2D eigenvalue weighted by Gasteiger charge is -2.35. The van der Waals surface area contributed by atoms with Crippen molar-refractivity contribution in [2.24, 2.45) is 0 Å². The Hall–Kier alpha value is -1.40. The van der Waals surface area contributed by atoms with Crippen molar-refractivity contribution >= 4 is 11.9 Å². The van der Waals surface area contributed by atoms with Crippen LogP contribution in [-0.4, -0.2) is 73.3 Å². The van der Waals surface area contributed by atoms with Crippen LogP contribution in [0, 0.1) is 0 Å². The van der Waals surface area contributed by atoms with Crippen molar-refractivity contribution in [1.29, 1.82) is 0 Å². The van der Waals surface area contributed by atoms with Crippen LogP contribution in [0.4, 0.5) is 0 Å². The molecule has 0 aromatic rings. The molecule has 0 bridgehead atoms. The Morgan fingerprint density at radius 1 is 0.567 bits per heavy atom. The SMILES string of the molecule is CCCC[N+](CC)(CC)CC.CCCC[N+](CC)(CC)CC.O=C([O-])/C=C\C(=O)[O-]. The molecule has 6 nitrogen and oxygen atoms in total. The molecule has 0 aromatic carbocycles. The summed E-state index contributed by atoms with van der Waals surface area (Å²) in [6, 6.07) is 0. The van der Waals surface area contributed by atoms with E-state index in [-0.39, 0.29) is 0 Å². The Morgan fingerprint density at radius 3 is 0.933 bits per heavy atom. The molecule has 0 fully saturated rings. The van der Waals surface area contributed by atoms with Crippen LogP contribution in [0.3, 0.4) is 0 Å². The molecule has 0 aliphatic heterocycles. The van der Waals surface area contributed by atoms with E-state index in [1.165, 1.54) is 87.0 Å². The van der Waals surface area contributed by atoms with Gasteiger partial charge in [-0.05, 0) is 66.5 Å². The van der Waals surface area contributed by atoms with Crippen molar-refractivity contribution in [3.8, 4) is 0 Å². The molecule has 0 N–H and O–H groups in total. The first-order chi connectivity index (χ1) is 14.1. The van der Waals surface area contributed by atoms with E-state index >= 15 is 0 Å². The Morgan fingerprint density at radius 2 is 0.800 bits per heavy atom. The van der Waals surface area contributed by atoms with Gasteiger partial charge in [-0.1, -0.05) is 26.7 Å². The van der Waals surface area contributed by atoms with Gasteiger partial charge in [-0.25, -0.2) is 0 Å². The van der Waals surface area contributed by atoms with Crippen LogP contribution in [0.15, 0.2) is 12.2 Å². The standard InChI is InChI=1S/2C10H24N.C4H4O4/c2*1-5-9-10-11(6-2,7-3)8-4;5-3(6)1-2-4(7)8/h2*5-10H2,1-4H3;1-2H,(H,5,6)(H,7,8)/q2*+1;/p-2/b;;2-1-. The molecule has 0 rings (SSSR count). The minimum atomic E-state index is -1.55. The van der Waals surface area contributed by atoms with Crippen molar-refractivity contribution in [1.82, 2.24) is 0 Å². The molecule has 0 radical (unpaired) electrons. The molecule has 0 unspecified atom stereocenters. The van der Waals surface area contributed by atoms with Gasteiger partial charge in [0, 0.05) is 0 Å². The number of hydrogen-bond donors (Lipinski definition) is 0. The zero-order valence-electron chi connectivity index (χ0n) is 21.2. The summed E-state index contributed by atoms with van der Waals surface area (Å²) in [5, 5.41) is 18.8. The highest BCUT2D eigenvalue weighted by Gasteiger charge is 2.19. The van der Waals surface area contributed by atoms with E-state index in [2.05, 4.69) is 55.4 Å². The Balaban J connectivity index is -0.000000370. The molecular weight excluding hydrogens is 380 g/mol. The van der Waals surface area contributed by atoms with Crippen LogP contribution in [0.2, 0.25) is 0 Å². The number of aliphatic carboxylic acids is 2. The van der Waals surface area contributed by atoms with Crippen molar-refractivity contribution < 1.29 is 28.8 Å². The van der Waals surface area contributed by atoms with Crippen LogP contribution in [-0.2, 0) is 9.59 Å². The summed E-state index contributed by atoms with van der Waals surface area (Å²) < 4.78 is 2.63. The molecule has 0 aliphatic carbocycles. The average Bonchev–Trinajstić information content (AvgIpc) is 2.76. The summed E-state index contributed by atoms with van der Waals surface area (Å²) >= 11 is 0. The minimum absolute atomic E-state index is 0.384. The van der Waals surface area contributed by atoms with Gasteiger partial charge in [-0.3, -0.25) is 0 Å². The van der Waals surface area contributed by atoms with Gasteiger partial charge in [0.15, 0.2) is 0 Å². The molecule has 180 valence electrons. The predicted molar refractivity (Wildman–Crippen MR) is 122 cm³/mol. The highest BCUT2D eigenvalue weighted by atomic mass is 16.4. The maximum atomic E-state index is 9.41. The summed E-state index contributed by atoms with van der Waals surface area (Å²) in [7, 11) is 0. The van der Waals surface area contributed by atoms with Gasteiger partial charge in [0.25, 0.3) is 0 Å². The monoisotopic (exact) mass is 430 g/mol. The van der Waals surface area contributed by atoms with Crippen molar-refractivity contribution in [3.63, 3.8) is 0 Å².